The van der Waals surface area contributed by atoms with Crippen molar-refractivity contribution in [1.82, 2.24) is 19.5 Å². The Morgan fingerprint density at radius 1 is 1.11 bits per heavy atom. The van der Waals surface area contributed by atoms with Crippen molar-refractivity contribution in [3.05, 3.63) is 40.8 Å². The Morgan fingerprint density at radius 3 is 2.54 bits per heavy atom. The summed E-state index contributed by atoms with van der Waals surface area (Å²) < 4.78 is 40.1. The number of aromatic nitrogens is 4. The predicted molar refractivity (Wildman–Crippen MR) is 97.1 cm³/mol. The van der Waals surface area contributed by atoms with Gasteiger partial charge in [-0.2, -0.15) is 13.2 Å². The minimum absolute atomic E-state index is 0.0235. The van der Waals surface area contributed by atoms with E-state index in [1.807, 2.05) is 4.90 Å². The first-order valence-electron chi connectivity index (χ1n) is 9.36. The van der Waals surface area contributed by atoms with Gasteiger partial charge in [-0.3, -0.25) is 4.79 Å². The lowest BCUT2D eigenvalue weighted by Crippen LogP contribution is -2.42. The maximum atomic E-state index is 12.8. The zero-order valence-corrected chi connectivity index (χ0v) is 15.2. The van der Waals surface area contributed by atoms with Gasteiger partial charge in [0.1, 0.15) is 17.8 Å². The van der Waals surface area contributed by atoms with Gasteiger partial charge >= 0.3 is 6.18 Å². The highest BCUT2D eigenvalue weighted by Crippen LogP contribution is 2.30. The van der Waals surface area contributed by atoms with Gasteiger partial charge < -0.3 is 14.8 Å². The van der Waals surface area contributed by atoms with E-state index in [0.717, 1.165) is 18.9 Å². The molecule has 1 aliphatic carbocycles. The van der Waals surface area contributed by atoms with E-state index in [-0.39, 0.29) is 17.4 Å². The number of nitrogens with one attached hydrogen (secondary N) is 1. The number of piperidine rings is 1. The Morgan fingerprint density at radius 2 is 1.86 bits per heavy atom. The minimum atomic E-state index is -4.50. The second-order valence-electron chi connectivity index (χ2n) is 7.34. The van der Waals surface area contributed by atoms with Crippen molar-refractivity contribution in [2.75, 3.05) is 23.3 Å². The maximum Gasteiger partial charge on any atom is 0.433 e. The van der Waals surface area contributed by atoms with Crippen LogP contribution in [0.5, 0.6) is 0 Å². The van der Waals surface area contributed by atoms with Crippen LogP contribution in [0.4, 0.5) is 24.8 Å². The average molecular weight is 394 g/mol. The largest absolute Gasteiger partial charge is 0.433 e. The van der Waals surface area contributed by atoms with Gasteiger partial charge in [-0.25, -0.2) is 15.0 Å². The molecule has 1 saturated carbocycles. The number of alkyl halides is 3. The highest BCUT2D eigenvalue weighted by atomic mass is 19.4. The van der Waals surface area contributed by atoms with E-state index < -0.39 is 11.9 Å². The third-order valence-electron chi connectivity index (χ3n) is 5.15. The molecule has 7 nitrogen and oxygen atoms in total. The summed E-state index contributed by atoms with van der Waals surface area (Å²) >= 11 is 0. The average Bonchev–Trinajstić information content (AvgIpc) is 3.48. The summed E-state index contributed by atoms with van der Waals surface area (Å²) in [7, 11) is 0. The number of halogens is 3. The van der Waals surface area contributed by atoms with Crippen LogP contribution in [0.15, 0.2) is 29.6 Å². The molecule has 0 spiro atoms. The standard InChI is InChI=1S/C18H21F3N6O/c19-18(20,21)14-9-15(24-11-23-14)25-13-3-6-26(7-4-13)16-17(28)27(8-5-22-16)10-12-1-2-12/h5,8-9,11-13H,1-4,6-7,10H2,(H,23,24,25). The van der Waals surface area contributed by atoms with Gasteiger partial charge in [0.2, 0.25) is 0 Å². The highest BCUT2D eigenvalue weighted by Gasteiger charge is 2.33. The molecule has 2 aliphatic rings. The molecule has 0 unspecified atom stereocenters. The Labute approximate surface area is 159 Å². The zero-order valence-electron chi connectivity index (χ0n) is 15.2. The van der Waals surface area contributed by atoms with Crippen molar-refractivity contribution < 1.29 is 13.2 Å². The molecular weight excluding hydrogens is 373 g/mol. The first-order chi connectivity index (χ1) is 13.4. The van der Waals surface area contributed by atoms with E-state index in [0.29, 0.717) is 37.7 Å². The second kappa shape index (κ2) is 7.40. The Hall–Kier alpha value is -2.65. The summed E-state index contributed by atoms with van der Waals surface area (Å²) in [6.07, 6.45) is 3.47. The molecular formula is C18H21F3N6O. The molecule has 2 aromatic rings. The molecule has 1 N–H and O–H groups in total. The molecule has 1 aliphatic heterocycles. The quantitative estimate of drug-likeness (QED) is 0.840. The molecule has 28 heavy (non-hydrogen) atoms. The van der Waals surface area contributed by atoms with Gasteiger partial charge in [0, 0.05) is 44.1 Å². The fourth-order valence-electron chi connectivity index (χ4n) is 3.41. The van der Waals surface area contributed by atoms with Crippen molar-refractivity contribution >= 4 is 11.6 Å². The van der Waals surface area contributed by atoms with Crippen molar-refractivity contribution in [3.8, 4) is 0 Å². The van der Waals surface area contributed by atoms with Crippen molar-refractivity contribution in [2.45, 2.75) is 44.4 Å². The van der Waals surface area contributed by atoms with Crippen LogP contribution in [-0.2, 0) is 12.7 Å². The molecule has 2 fully saturated rings. The topological polar surface area (TPSA) is 75.9 Å². The minimum Gasteiger partial charge on any atom is -0.367 e. The van der Waals surface area contributed by atoms with Crippen molar-refractivity contribution in [2.24, 2.45) is 5.92 Å². The van der Waals surface area contributed by atoms with Crippen LogP contribution in [0.1, 0.15) is 31.4 Å². The number of hydrogen-bond acceptors (Lipinski definition) is 6. The van der Waals surface area contributed by atoms with Gasteiger partial charge in [-0.1, -0.05) is 0 Å². The van der Waals surface area contributed by atoms with Crippen molar-refractivity contribution in [3.63, 3.8) is 0 Å². The fourth-order valence-corrected chi connectivity index (χ4v) is 3.41. The van der Waals surface area contributed by atoms with E-state index in [1.165, 1.54) is 12.8 Å². The van der Waals surface area contributed by atoms with Gasteiger partial charge in [-0.15, -0.1) is 0 Å². The SMILES string of the molecule is O=c1c(N2CCC(Nc3cc(C(F)(F)F)ncn3)CC2)nccn1CC1CC1. The van der Waals surface area contributed by atoms with Crippen LogP contribution >= 0.6 is 0 Å². The number of hydrogen-bond donors (Lipinski definition) is 1. The monoisotopic (exact) mass is 394 g/mol. The summed E-state index contributed by atoms with van der Waals surface area (Å²) in [5.74, 6) is 1.20. The summed E-state index contributed by atoms with van der Waals surface area (Å²) in [4.78, 5) is 26.0. The first-order valence-corrected chi connectivity index (χ1v) is 9.36. The molecule has 1 saturated heterocycles. The zero-order chi connectivity index (χ0) is 19.7. The van der Waals surface area contributed by atoms with Crippen LogP contribution in [0.25, 0.3) is 0 Å². The van der Waals surface area contributed by atoms with E-state index >= 15 is 0 Å². The Kier molecular flexibility index (Phi) is 4.94. The van der Waals surface area contributed by atoms with E-state index in [9.17, 15) is 18.0 Å². The molecule has 0 bridgehead atoms. The van der Waals surface area contributed by atoms with Gasteiger partial charge in [-0.05, 0) is 31.6 Å². The summed E-state index contributed by atoms with van der Waals surface area (Å²) in [5, 5.41) is 3.04. The summed E-state index contributed by atoms with van der Waals surface area (Å²) in [5.41, 5.74) is -1.04. The van der Waals surface area contributed by atoms with Gasteiger partial charge in [0.15, 0.2) is 5.82 Å². The number of rotatable bonds is 5. The summed E-state index contributed by atoms with van der Waals surface area (Å²) in [6.45, 7) is 1.94. The van der Waals surface area contributed by atoms with Gasteiger partial charge in [0.25, 0.3) is 5.56 Å². The smallest absolute Gasteiger partial charge is 0.367 e. The van der Waals surface area contributed by atoms with Crippen LogP contribution in [0.2, 0.25) is 0 Å². The van der Waals surface area contributed by atoms with E-state index in [2.05, 4.69) is 20.3 Å². The van der Waals surface area contributed by atoms with E-state index in [4.69, 9.17) is 0 Å². The predicted octanol–water partition coefficient (Wildman–Crippen LogP) is 2.54. The van der Waals surface area contributed by atoms with Crippen LogP contribution < -0.4 is 15.8 Å². The van der Waals surface area contributed by atoms with Crippen LogP contribution in [0, 0.1) is 5.92 Å². The lowest BCUT2D eigenvalue weighted by molar-refractivity contribution is -0.141. The first kappa shape index (κ1) is 18.7. The maximum absolute atomic E-state index is 12.8. The third kappa shape index (κ3) is 4.26. The lowest BCUT2D eigenvalue weighted by Gasteiger charge is -2.33. The van der Waals surface area contributed by atoms with Crippen LogP contribution in [0.3, 0.4) is 0 Å². The molecule has 0 radical (unpaired) electrons. The fraction of sp³-hybridized carbons (Fsp3) is 0.556. The lowest BCUT2D eigenvalue weighted by atomic mass is 10.1. The highest BCUT2D eigenvalue weighted by molar-refractivity contribution is 5.40. The molecule has 10 heteroatoms. The molecule has 3 heterocycles. The summed E-state index contributed by atoms with van der Waals surface area (Å²) in [6, 6.07) is 0.895. The molecule has 150 valence electrons. The molecule has 0 aromatic carbocycles. The Bertz CT molecular complexity index is 887. The number of anilines is 2. The normalized spacial score (nSPS) is 18.3. The van der Waals surface area contributed by atoms with Crippen LogP contribution in [-0.4, -0.2) is 38.7 Å². The third-order valence-corrected chi connectivity index (χ3v) is 5.15. The van der Waals surface area contributed by atoms with Crippen molar-refractivity contribution in [1.29, 1.82) is 0 Å². The van der Waals surface area contributed by atoms with E-state index in [1.54, 1.807) is 17.0 Å². The molecule has 4 rings (SSSR count). The molecule has 0 atom stereocenters. The number of nitrogens with zero attached hydrogens (tertiary/aromatic N) is 5. The van der Waals surface area contributed by atoms with Gasteiger partial charge in [0.05, 0.1) is 0 Å². The molecule has 0 amide bonds. The second-order valence-corrected chi connectivity index (χ2v) is 7.34. The Balaban J connectivity index is 1.38. The molecule has 2 aromatic heterocycles.